The molecule has 2 aromatic heterocycles. The largest absolute Gasteiger partial charge is 0.371 e. The Morgan fingerprint density at radius 2 is 2.00 bits per heavy atom. The number of anilines is 4. The number of hydrogen-bond donors (Lipinski definition) is 3. The number of ether oxygens (including phenoxy) is 1. The van der Waals surface area contributed by atoms with Gasteiger partial charge < -0.3 is 20.3 Å². The second-order valence-corrected chi connectivity index (χ2v) is 10.4. The number of aromatic amines is 1. The van der Waals surface area contributed by atoms with Gasteiger partial charge in [0, 0.05) is 40.9 Å². The van der Waals surface area contributed by atoms with E-state index in [1.54, 1.807) is 0 Å². The Hall–Kier alpha value is -3.11. The highest BCUT2D eigenvalue weighted by molar-refractivity contribution is 7.99. The van der Waals surface area contributed by atoms with Gasteiger partial charge >= 0.3 is 0 Å². The molecule has 3 aliphatic rings. The molecule has 6 rings (SSSR count). The van der Waals surface area contributed by atoms with Crippen LogP contribution in [0.3, 0.4) is 0 Å². The maximum Gasteiger partial charge on any atom is 0.227 e. The number of nitrogens with one attached hydrogen (secondary N) is 3. The van der Waals surface area contributed by atoms with Crippen molar-refractivity contribution in [1.82, 2.24) is 20.2 Å². The Labute approximate surface area is 202 Å². The van der Waals surface area contributed by atoms with E-state index in [2.05, 4.69) is 25.7 Å². The molecule has 1 saturated carbocycles. The maximum atomic E-state index is 12.0. The van der Waals surface area contributed by atoms with Crippen LogP contribution in [0.1, 0.15) is 31.4 Å². The van der Waals surface area contributed by atoms with Gasteiger partial charge in [0.2, 0.25) is 5.91 Å². The first-order valence-corrected chi connectivity index (χ1v) is 12.5. The molecular weight excluding hydrogens is 450 g/mol. The first-order chi connectivity index (χ1) is 16.5. The Balaban J connectivity index is 1.20. The van der Waals surface area contributed by atoms with Crippen LogP contribution >= 0.6 is 11.8 Å². The molecule has 1 amide bonds. The summed E-state index contributed by atoms with van der Waals surface area (Å²) in [5, 5.41) is 14.1. The van der Waals surface area contributed by atoms with E-state index >= 15 is 0 Å². The number of carbonyl (C=O) groups is 1. The van der Waals surface area contributed by atoms with Crippen LogP contribution in [-0.4, -0.2) is 51.4 Å². The molecule has 0 unspecified atom stereocenters. The summed E-state index contributed by atoms with van der Waals surface area (Å²) in [6.07, 6.45) is 4.22. The minimum Gasteiger partial charge on any atom is -0.371 e. The molecule has 3 N–H and O–H groups in total. The molecule has 0 radical (unpaired) electrons. The van der Waals surface area contributed by atoms with Crippen molar-refractivity contribution in [1.29, 1.82) is 0 Å². The molecule has 34 heavy (non-hydrogen) atoms. The first-order valence-electron chi connectivity index (χ1n) is 11.7. The van der Waals surface area contributed by atoms with Gasteiger partial charge in [-0.3, -0.25) is 9.89 Å². The van der Waals surface area contributed by atoms with Crippen LogP contribution in [0.25, 0.3) is 0 Å². The summed E-state index contributed by atoms with van der Waals surface area (Å²) >= 11 is 1.49. The lowest BCUT2D eigenvalue weighted by molar-refractivity contribution is -0.117. The number of aromatic nitrogens is 4. The molecular formula is C24H27N7O2S. The van der Waals surface area contributed by atoms with Crippen molar-refractivity contribution >= 4 is 40.8 Å². The number of rotatable bonds is 7. The zero-order valence-corrected chi connectivity index (χ0v) is 19.8. The predicted molar refractivity (Wildman–Crippen MR) is 131 cm³/mol. The summed E-state index contributed by atoms with van der Waals surface area (Å²) in [5.41, 5.74) is 1.78. The second kappa shape index (κ2) is 8.59. The molecule has 4 heterocycles. The number of H-pyrrole nitrogens is 1. The average molecular weight is 478 g/mol. The molecule has 176 valence electrons. The Kier molecular flexibility index (Phi) is 5.41. The van der Waals surface area contributed by atoms with Gasteiger partial charge in [-0.15, -0.1) is 0 Å². The van der Waals surface area contributed by atoms with E-state index in [0.717, 1.165) is 67.5 Å². The van der Waals surface area contributed by atoms with E-state index in [0.29, 0.717) is 16.8 Å². The van der Waals surface area contributed by atoms with Gasteiger partial charge in [0.25, 0.3) is 0 Å². The van der Waals surface area contributed by atoms with Crippen LogP contribution in [0.5, 0.6) is 0 Å². The van der Waals surface area contributed by atoms with E-state index in [1.807, 2.05) is 43.3 Å². The normalized spacial score (nSPS) is 18.7. The minimum absolute atomic E-state index is 0.00805. The molecule has 9 nitrogen and oxygen atoms in total. The van der Waals surface area contributed by atoms with E-state index in [-0.39, 0.29) is 17.4 Å². The number of carbonyl (C=O) groups excluding carboxylic acids is 1. The third-order valence-electron chi connectivity index (χ3n) is 6.40. The highest BCUT2D eigenvalue weighted by Gasteiger charge is 2.47. The van der Waals surface area contributed by atoms with Crippen molar-refractivity contribution in [2.24, 2.45) is 5.92 Å². The van der Waals surface area contributed by atoms with Gasteiger partial charge in [-0.2, -0.15) is 5.10 Å². The molecule has 3 aromatic rings. The van der Waals surface area contributed by atoms with Gasteiger partial charge in [-0.25, -0.2) is 9.97 Å². The average Bonchev–Trinajstić information content (AvgIpc) is 3.40. The molecule has 0 atom stereocenters. The van der Waals surface area contributed by atoms with Gasteiger partial charge in [0.05, 0.1) is 13.1 Å². The van der Waals surface area contributed by atoms with Crippen molar-refractivity contribution in [3.63, 3.8) is 0 Å². The highest BCUT2D eigenvalue weighted by Crippen LogP contribution is 2.39. The fraction of sp³-hybridized carbons (Fsp3) is 0.417. The summed E-state index contributed by atoms with van der Waals surface area (Å²) in [5.74, 6) is 2.58. The van der Waals surface area contributed by atoms with Gasteiger partial charge in [-0.1, -0.05) is 0 Å². The van der Waals surface area contributed by atoms with Gasteiger partial charge in [-0.05, 0) is 68.6 Å². The molecule has 0 bridgehead atoms. The summed E-state index contributed by atoms with van der Waals surface area (Å²) < 4.78 is 5.99. The van der Waals surface area contributed by atoms with Crippen LogP contribution in [0, 0.1) is 12.8 Å². The van der Waals surface area contributed by atoms with E-state index in [9.17, 15) is 4.79 Å². The van der Waals surface area contributed by atoms with E-state index in [4.69, 9.17) is 14.7 Å². The Bertz CT molecular complexity index is 1190. The third kappa shape index (κ3) is 4.60. The van der Waals surface area contributed by atoms with Crippen molar-refractivity contribution in [2.75, 3.05) is 35.2 Å². The number of aryl methyl sites for hydroxylation is 1. The van der Waals surface area contributed by atoms with Crippen LogP contribution in [0.15, 0.2) is 46.5 Å². The maximum absolute atomic E-state index is 12.0. The lowest BCUT2D eigenvalue weighted by atomic mass is 9.91. The number of amides is 1. The predicted octanol–water partition coefficient (Wildman–Crippen LogP) is 4.12. The summed E-state index contributed by atoms with van der Waals surface area (Å²) in [6.45, 7) is 4.51. The molecule has 10 heteroatoms. The highest BCUT2D eigenvalue weighted by atomic mass is 32.2. The van der Waals surface area contributed by atoms with Gasteiger partial charge in [0.1, 0.15) is 17.2 Å². The quantitative estimate of drug-likeness (QED) is 0.436. The molecule has 2 saturated heterocycles. The molecule has 3 fully saturated rings. The van der Waals surface area contributed by atoms with Crippen LogP contribution in [0.4, 0.5) is 23.1 Å². The van der Waals surface area contributed by atoms with Crippen molar-refractivity contribution in [3.05, 3.63) is 42.1 Å². The summed E-state index contributed by atoms with van der Waals surface area (Å²) in [6, 6.07) is 11.7. The standard InChI is InChI=1S/C24H27N7O2S/c1-15-11-20(30-29-15)26-19-12-21(31-13-24(14-31)9-2-10-33-24)28-23(27-19)34-18-7-5-17(6-8-18)25-22(32)16-3-4-16/h5-8,11-12,16H,2-4,9-10,13-14H2,1H3,(H,25,32)(H2,26,27,28,29,30). The zero-order chi connectivity index (χ0) is 23.1. The molecule has 1 aromatic carbocycles. The number of nitrogens with zero attached hydrogens (tertiary/aromatic N) is 4. The van der Waals surface area contributed by atoms with Crippen molar-refractivity contribution in [3.8, 4) is 0 Å². The fourth-order valence-electron chi connectivity index (χ4n) is 4.42. The summed E-state index contributed by atoms with van der Waals surface area (Å²) in [7, 11) is 0. The first kappa shape index (κ1) is 21.4. The SMILES string of the molecule is Cc1cc(Nc2cc(N3CC4(CCCO4)C3)nc(Sc3ccc(NC(=O)C4CC4)cc3)n2)n[nH]1. The zero-order valence-electron chi connectivity index (χ0n) is 19.0. The van der Waals surface area contributed by atoms with Crippen LogP contribution in [-0.2, 0) is 9.53 Å². The van der Waals surface area contributed by atoms with Crippen LogP contribution < -0.4 is 15.5 Å². The topological polar surface area (TPSA) is 108 Å². The second-order valence-electron chi connectivity index (χ2n) is 9.34. The molecule has 1 aliphatic carbocycles. The van der Waals surface area contributed by atoms with Gasteiger partial charge in [0.15, 0.2) is 11.0 Å². The lowest BCUT2D eigenvalue weighted by Gasteiger charge is -2.47. The lowest BCUT2D eigenvalue weighted by Crippen LogP contribution is -2.61. The third-order valence-corrected chi connectivity index (χ3v) is 7.27. The summed E-state index contributed by atoms with van der Waals surface area (Å²) in [4.78, 5) is 24.8. The van der Waals surface area contributed by atoms with Crippen LogP contribution in [0.2, 0.25) is 0 Å². The monoisotopic (exact) mass is 477 g/mol. The molecule has 1 spiro atoms. The number of hydrogen-bond acceptors (Lipinski definition) is 8. The Morgan fingerprint density at radius 1 is 1.18 bits per heavy atom. The smallest absolute Gasteiger partial charge is 0.227 e. The minimum atomic E-state index is -0.00805. The number of benzene rings is 1. The van der Waals surface area contributed by atoms with E-state index < -0.39 is 0 Å². The molecule has 2 aliphatic heterocycles. The van der Waals surface area contributed by atoms with Crippen molar-refractivity contribution in [2.45, 2.75) is 48.3 Å². The van der Waals surface area contributed by atoms with Crippen molar-refractivity contribution < 1.29 is 9.53 Å². The Morgan fingerprint density at radius 3 is 2.68 bits per heavy atom. The fourth-order valence-corrected chi connectivity index (χ4v) is 5.18. The van der Waals surface area contributed by atoms with E-state index in [1.165, 1.54) is 11.8 Å².